The molecule has 0 radical (unpaired) electrons. The summed E-state index contributed by atoms with van der Waals surface area (Å²) in [5.74, 6) is 1.56. The molecule has 1 aromatic carbocycles. The number of hydrogen-bond acceptors (Lipinski definition) is 5. The van der Waals surface area contributed by atoms with Crippen molar-refractivity contribution in [2.24, 2.45) is 10.9 Å². The van der Waals surface area contributed by atoms with Gasteiger partial charge in [-0.25, -0.2) is 0 Å². The molecular weight excluding hydrogens is 404 g/mol. The molecule has 178 valence electrons. The maximum atomic E-state index is 11.6. The first-order chi connectivity index (χ1) is 15.6. The molecule has 0 aliphatic carbocycles. The van der Waals surface area contributed by atoms with Crippen molar-refractivity contribution in [2.75, 3.05) is 64.4 Å². The highest BCUT2D eigenvalue weighted by Gasteiger charge is 2.27. The van der Waals surface area contributed by atoms with Crippen LogP contribution in [0.15, 0.2) is 29.3 Å². The minimum atomic E-state index is 0.0839. The summed E-state index contributed by atoms with van der Waals surface area (Å²) < 4.78 is 5.56. The molecule has 1 atom stereocenters. The van der Waals surface area contributed by atoms with Gasteiger partial charge < -0.3 is 25.6 Å². The van der Waals surface area contributed by atoms with Gasteiger partial charge >= 0.3 is 0 Å². The lowest BCUT2D eigenvalue weighted by Crippen LogP contribution is -2.53. The average Bonchev–Trinajstić information content (AvgIpc) is 2.84. The fraction of sp³-hybridized carbons (Fsp3) is 0.667. The molecule has 0 aromatic heterocycles. The van der Waals surface area contributed by atoms with Gasteiger partial charge in [0.15, 0.2) is 5.96 Å². The van der Waals surface area contributed by atoms with E-state index in [9.17, 15) is 4.79 Å². The summed E-state index contributed by atoms with van der Waals surface area (Å²) in [6.07, 6.45) is 2.36. The number of morpholine rings is 1. The van der Waals surface area contributed by atoms with Crippen LogP contribution in [0, 0.1) is 5.92 Å². The minimum Gasteiger partial charge on any atom is -0.379 e. The van der Waals surface area contributed by atoms with E-state index in [0.29, 0.717) is 31.6 Å². The molecule has 32 heavy (non-hydrogen) atoms. The normalized spacial score (nSPS) is 19.1. The fourth-order valence-corrected chi connectivity index (χ4v) is 4.63. The number of piperazine rings is 1. The number of nitrogens with zero attached hydrogens (tertiary/aromatic N) is 3. The zero-order valence-corrected chi connectivity index (χ0v) is 19.9. The van der Waals surface area contributed by atoms with Gasteiger partial charge in [-0.1, -0.05) is 38.8 Å². The number of anilines is 1. The molecule has 0 spiro atoms. The average molecular weight is 445 g/mol. The summed E-state index contributed by atoms with van der Waals surface area (Å²) in [6.45, 7) is 11.8. The van der Waals surface area contributed by atoms with Crippen LogP contribution < -0.4 is 20.9 Å². The van der Waals surface area contributed by atoms with Crippen LogP contribution in [-0.2, 0) is 16.1 Å². The Morgan fingerprint density at radius 2 is 1.84 bits per heavy atom. The lowest BCUT2D eigenvalue weighted by Gasteiger charge is -2.39. The number of guanidine groups is 1. The first-order valence-corrected chi connectivity index (χ1v) is 12.0. The summed E-state index contributed by atoms with van der Waals surface area (Å²) in [7, 11) is 1.82. The van der Waals surface area contributed by atoms with Crippen molar-refractivity contribution in [3.63, 3.8) is 0 Å². The molecule has 2 aliphatic heterocycles. The number of ether oxygens (including phenoxy) is 1. The second-order valence-electron chi connectivity index (χ2n) is 8.54. The van der Waals surface area contributed by atoms with Gasteiger partial charge in [0, 0.05) is 58.0 Å². The minimum absolute atomic E-state index is 0.0839. The second-order valence-corrected chi connectivity index (χ2v) is 8.54. The lowest BCUT2D eigenvalue weighted by atomic mass is 9.92. The zero-order valence-electron chi connectivity index (χ0n) is 19.9. The zero-order chi connectivity index (χ0) is 22.8. The number of aliphatic imine (C=N–C) groups is 1. The van der Waals surface area contributed by atoms with Crippen molar-refractivity contribution < 1.29 is 9.53 Å². The summed E-state index contributed by atoms with van der Waals surface area (Å²) >= 11 is 0. The highest BCUT2D eigenvalue weighted by Crippen LogP contribution is 2.20. The van der Waals surface area contributed by atoms with Crippen LogP contribution in [0.2, 0.25) is 0 Å². The maximum Gasteiger partial charge on any atom is 0.239 e. The summed E-state index contributed by atoms with van der Waals surface area (Å²) in [6, 6.07) is 8.89. The molecule has 2 saturated heterocycles. The number of rotatable bonds is 9. The highest BCUT2D eigenvalue weighted by atomic mass is 16.5. The highest BCUT2D eigenvalue weighted by molar-refractivity contribution is 5.82. The Bertz CT molecular complexity index is 729. The third-order valence-corrected chi connectivity index (χ3v) is 6.61. The number of amides is 1. The van der Waals surface area contributed by atoms with Crippen LogP contribution in [0.25, 0.3) is 0 Å². The van der Waals surface area contributed by atoms with Gasteiger partial charge in [0.2, 0.25) is 5.91 Å². The van der Waals surface area contributed by atoms with Crippen LogP contribution in [0.1, 0.15) is 32.3 Å². The van der Waals surface area contributed by atoms with E-state index in [1.165, 1.54) is 18.4 Å². The van der Waals surface area contributed by atoms with E-state index in [0.717, 1.165) is 51.0 Å². The topological polar surface area (TPSA) is 81.2 Å². The van der Waals surface area contributed by atoms with E-state index in [2.05, 4.69) is 68.9 Å². The molecule has 2 aliphatic rings. The molecule has 3 rings (SSSR count). The molecule has 0 bridgehead atoms. The Morgan fingerprint density at radius 3 is 2.47 bits per heavy atom. The van der Waals surface area contributed by atoms with E-state index in [4.69, 9.17) is 4.74 Å². The molecule has 8 heteroatoms. The van der Waals surface area contributed by atoms with Gasteiger partial charge in [0.1, 0.15) is 0 Å². The molecule has 3 N–H and O–H groups in total. The van der Waals surface area contributed by atoms with Crippen LogP contribution in [-0.4, -0.2) is 82.3 Å². The number of nitrogens with one attached hydrogen (secondary N) is 3. The van der Waals surface area contributed by atoms with Crippen molar-refractivity contribution in [2.45, 2.75) is 39.3 Å². The van der Waals surface area contributed by atoms with Gasteiger partial charge in [-0.05, 0) is 23.6 Å². The number of hydrogen-bond donors (Lipinski definition) is 3. The van der Waals surface area contributed by atoms with Gasteiger partial charge in [-0.3, -0.25) is 14.7 Å². The van der Waals surface area contributed by atoms with Crippen LogP contribution in [0.4, 0.5) is 5.69 Å². The van der Waals surface area contributed by atoms with Crippen molar-refractivity contribution in [1.82, 2.24) is 20.9 Å². The molecule has 1 aromatic rings. The number of benzene rings is 1. The Kier molecular flexibility index (Phi) is 9.62. The van der Waals surface area contributed by atoms with E-state index >= 15 is 0 Å². The first kappa shape index (κ1) is 24.3. The number of carbonyl (C=O) groups is 1. The van der Waals surface area contributed by atoms with Crippen molar-refractivity contribution >= 4 is 17.6 Å². The molecular formula is C24H40N6O2. The van der Waals surface area contributed by atoms with Crippen LogP contribution >= 0.6 is 0 Å². The SMILES string of the molecule is CCC(CC)C(CNC(=NC)NCc1ccc(N2CCNC(=O)C2)cc1)N1CCOCC1. The van der Waals surface area contributed by atoms with Crippen LogP contribution in [0.3, 0.4) is 0 Å². The molecule has 2 fully saturated rings. The Labute approximate surface area is 192 Å². The Morgan fingerprint density at radius 1 is 1.12 bits per heavy atom. The third kappa shape index (κ3) is 6.84. The molecule has 8 nitrogen and oxygen atoms in total. The first-order valence-electron chi connectivity index (χ1n) is 12.0. The van der Waals surface area contributed by atoms with Crippen molar-refractivity contribution in [3.05, 3.63) is 29.8 Å². The van der Waals surface area contributed by atoms with Gasteiger partial charge in [-0.2, -0.15) is 0 Å². The largest absolute Gasteiger partial charge is 0.379 e. The van der Waals surface area contributed by atoms with Crippen molar-refractivity contribution in [3.8, 4) is 0 Å². The standard InChI is InChI=1S/C24H40N6O2/c1-4-20(5-2)22(29-12-14-32-15-13-29)17-28-24(25-3)27-16-19-6-8-21(9-7-19)30-11-10-26-23(31)18-30/h6-9,20,22H,4-5,10-18H2,1-3H3,(H,26,31)(H2,25,27,28). The Hall–Kier alpha value is -2.32. The summed E-state index contributed by atoms with van der Waals surface area (Å²) in [4.78, 5) is 20.7. The van der Waals surface area contributed by atoms with Gasteiger partial charge in [0.05, 0.1) is 19.8 Å². The maximum absolute atomic E-state index is 11.6. The lowest BCUT2D eigenvalue weighted by molar-refractivity contribution is -0.120. The number of carbonyl (C=O) groups excluding carboxylic acids is 1. The smallest absolute Gasteiger partial charge is 0.239 e. The molecule has 1 amide bonds. The molecule has 1 unspecified atom stereocenters. The van der Waals surface area contributed by atoms with Gasteiger partial charge in [0.25, 0.3) is 0 Å². The third-order valence-electron chi connectivity index (χ3n) is 6.61. The predicted octanol–water partition coefficient (Wildman–Crippen LogP) is 1.42. The summed E-state index contributed by atoms with van der Waals surface area (Å²) in [5.41, 5.74) is 2.27. The summed E-state index contributed by atoms with van der Waals surface area (Å²) in [5, 5.41) is 9.87. The molecule has 2 heterocycles. The van der Waals surface area contributed by atoms with Crippen LogP contribution in [0.5, 0.6) is 0 Å². The van der Waals surface area contributed by atoms with E-state index in [1.807, 2.05) is 7.05 Å². The monoisotopic (exact) mass is 444 g/mol. The second kappa shape index (κ2) is 12.6. The predicted molar refractivity (Wildman–Crippen MR) is 130 cm³/mol. The van der Waals surface area contributed by atoms with E-state index in [-0.39, 0.29) is 5.91 Å². The van der Waals surface area contributed by atoms with Crippen molar-refractivity contribution in [1.29, 1.82) is 0 Å². The van der Waals surface area contributed by atoms with E-state index < -0.39 is 0 Å². The van der Waals surface area contributed by atoms with Gasteiger partial charge in [-0.15, -0.1) is 0 Å². The Balaban J connectivity index is 1.51. The van der Waals surface area contributed by atoms with E-state index in [1.54, 1.807) is 0 Å². The quantitative estimate of drug-likeness (QED) is 0.395. The fourth-order valence-electron chi connectivity index (χ4n) is 4.63. The molecule has 0 saturated carbocycles.